The molecule has 0 aliphatic heterocycles. The first-order chi connectivity index (χ1) is 6.72. The maximum absolute atomic E-state index is 5.55. The Morgan fingerprint density at radius 2 is 2.36 bits per heavy atom. The first-order valence-electron chi connectivity index (χ1n) is 4.68. The minimum Gasteiger partial charge on any atom is -0.488 e. The highest BCUT2D eigenvalue weighted by molar-refractivity contribution is 5.35. The zero-order chi connectivity index (χ0) is 10.4. The molecule has 1 aromatic heterocycles. The van der Waals surface area contributed by atoms with E-state index in [0.717, 1.165) is 5.75 Å². The van der Waals surface area contributed by atoms with E-state index in [2.05, 4.69) is 4.98 Å². The summed E-state index contributed by atoms with van der Waals surface area (Å²) < 4.78 is 10.8. The molecule has 0 saturated heterocycles. The molecule has 14 heavy (non-hydrogen) atoms. The van der Waals surface area contributed by atoms with Crippen LogP contribution in [0, 0.1) is 0 Å². The van der Waals surface area contributed by atoms with Crippen LogP contribution in [-0.4, -0.2) is 24.3 Å². The summed E-state index contributed by atoms with van der Waals surface area (Å²) in [4.78, 5) is 3.88. The Bertz CT molecular complexity index is 279. The Balaban J connectivity index is 2.43. The molecule has 0 fully saturated rings. The number of pyridine rings is 1. The summed E-state index contributed by atoms with van der Waals surface area (Å²) in [5.41, 5.74) is 5.51. The number of hydrogen-bond donors (Lipinski definition) is 1. The van der Waals surface area contributed by atoms with E-state index in [-0.39, 0.29) is 6.10 Å². The van der Waals surface area contributed by atoms with Gasteiger partial charge in [-0.15, -0.1) is 0 Å². The van der Waals surface area contributed by atoms with Gasteiger partial charge < -0.3 is 15.2 Å². The fourth-order valence-corrected chi connectivity index (χ4v) is 1.05. The van der Waals surface area contributed by atoms with Crippen LogP contribution in [0.5, 0.6) is 5.75 Å². The third-order valence-electron chi connectivity index (χ3n) is 1.65. The van der Waals surface area contributed by atoms with Crippen LogP contribution < -0.4 is 10.5 Å². The molecule has 4 nitrogen and oxygen atoms in total. The topological polar surface area (TPSA) is 57.4 Å². The van der Waals surface area contributed by atoms with E-state index in [1.807, 2.05) is 13.8 Å². The number of ether oxygens (including phenoxy) is 2. The zero-order valence-corrected chi connectivity index (χ0v) is 8.56. The predicted octanol–water partition coefficient (Wildman–Crippen LogP) is 1.47. The molecule has 1 atom stereocenters. The van der Waals surface area contributed by atoms with Gasteiger partial charge in [0.15, 0.2) is 0 Å². The summed E-state index contributed by atoms with van der Waals surface area (Å²) in [6, 6.07) is 3.47. The van der Waals surface area contributed by atoms with Crippen LogP contribution in [0.2, 0.25) is 0 Å². The molecule has 0 radical (unpaired) electrons. The largest absolute Gasteiger partial charge is 0.488 e. The third-order valence-corrected chi connectivity index (χ3v) is 1.65. The smallest absolute Gasteiger partial charge is 0.126 e. The van der Waals surface area contributed by atoms with Gasteiger partial charge in [-0.2, -0.15) is 0 Å². The van der Waals surface area contributed by atoms with Crippen LogP contribution >= 0.6 is 0 Å². The van der Waals surface area contributed by atoms with Crippen LogP contribution in [0.1, 0.15) is 13.8 Å². The Hall–Kier alpha value is -1.29. The summed E-state index contributed by atoms with van der Waals surface area (Å²) >= 11 is 0. The summed E-state index contributed by atoms with van der Waals surface area (Å²) in [7, 11) is 0. The number of aromatic nitrogens is 1. The molecule has 1 unspecified atom stereocenters. The SMILES string of the molecule is CCOCC(C)Oc1ccnc(N)c1. The van der Waals surface area contributed by atoms with Gasteiger partial charge in [-0.25, -0.2) is 4.98 Å². The van der Waals surface area contributed by atoms with Gasteiger partial charge in [-0.1, -0.05) is 0 Å². The molecule has 0 aliphatic rings. The normalized spacial score (nSPS) is 12.4. The molecular formula is C10H16N2O2. The molecule has 0 spiro atoms. The summed E-state index contributed by atoms with van der Waals surface area (Å²) in [5.74, 6) is 1.19. The first-order valence-corrected chi connectivity index (χ1v) is 4.68. The average Bonchev–Trinajstić information content (AvgIpc) is 2.15. The van der Waals surface area contributed by atoms with Gasteiger partial charge >= 0.3 is 0 Å². The summed E-state index contributed by atoms with van der Waals surface area (Å²) in [6.07, 6.45) is 1.65. The predicted molar refractivity (Wildman–Crippen MR) is 55.2 cm³/mol. The van der Waals surface area contributed by atoms with Crippen molar-refractivity contribution in [1.29, 1.82) is 0 Å². The molecule has 1 rings (SSSR count). The summed E-state index contributed by atoms with van der Waals surface area (Å²) in [5, 5.41) is 0. The molecule has 4 heteroatoms. The number of nitrogens with two attached hydrogens (primary N) is 1. The molecule has 2 N–H and O–H groups in total. The van der Waals surface area contributed by atoms with E-state index in [1.54, 1.807) is 18.3 Å². The van der Waals surface area contributed by atoms with E-state index >= 15 is 0 Å². The molecule has 78 valence electrons. The van der Waals surface area contributed by atoms with Crippen molar-refractivity contribution < 1.29 is 9.47 Å². The standard InChI is InChI=1S/C10H16N2O2/c1-3-13-7-8(2)14-9-4-5-12-10(11)6-9/h4-6,8H,3,7H2,1-2H3,(H2,11,12). The second kappa shape index (κ2) is 5.44. The van der Waals surface area contributed by atoms with Crippen molar-refractivity contribution >= 4 is 5.82 Å². The molecule has 1 heterocycles. The molecule has 0 amide bonds. The van der Waals surface area contributed by atoms with Crippen LogP contribution in [-0.2, 0) is 4.74 Å². The number of anilines is 1. The molecule has 1 aromatic rings. The second-order valence-electron chi connectivity index (χ2n) is 3.00. The van der Waals surface area contributed by atoms with E-state index in [9.17, 15) is 0 Å². The van der Waals surface area contributed by atoms with Gasteiger partial charge in [0.25, 0.3) is 0 Å². The molecule has 0 aromatic carbocycles. The molecule has 0 saturated carbocycles. The zero-order valence-electron chi connectivity index (χ0n) is 8.56. The van der Waals surface area contributed by atoms with E-state index in [0.29, 0.717) is 19.0 Å². The molecule has 0 bridgehead atoms. The maximum atomic E-state index is 5.55. The van der Waals surface area contributed by atoms with Crippen LogP contribution in [0.25, 0.3) is 0 Å². The van der Waals surface area contributed by atoms with Crippen LogP contribution in [0.4, 0.5) is 5.82 Å². The Labute approximate surface area is 84.0 Å². The van der Waals surface area contributed by atoms with Crippen molar-refractivity contribution in [2.75, 3.05) is 18.9 Å². The monoisotopic (exact) mass is 196 g/mol. The lowest BCUT2D eigenvalue weighted by Gasteiger charge is -2.14. The number of nitrogen functional groups attached to an aromatic ring is 1. The Morgan fingerprint density at radius 1 is 1.57 bits per heavy atom. The van der Waals surface area contributed by atoms with Gasteiger partial charge in [-0.05, 0) is 19.9 Å². The minimum atomic E-state index is 0.0248. The van der Waals surface area contributed by atoms with Crippen molar-refractivity contribution in [3.05, 3.63) is 18.3 Å². The van der Waals surface area contributed by atoms with Crippen molar-refractivity contribution in [2.45, 2.75) is 20.0 Å². The van der Waals surface area contributed by atoms with Crippen LogP contribution in [0.3, 0.4) is 0 Å². The van der Waals surface area contributed by atoms with E-state index in [1.165, 1.54) is 0 Å². The first kappa shape index (κ1) is 10.8. The Morgan fingerprint density at radius 3 is 3.00 bits per heavy atom. The fraction of sp³-hybridized carbons (Fsp3) is 0.500. The van der Waals surface area contributed by atoms with E-state index in [4.69, 9.17) is 15.2 Å². The van der Waals surface area contributed by atoms with Gasteiger partial charge in [0.05, 0.1) is 6.61 Å². The second-order valence-corrected chi connectivity index (χ2v) is 3.00. The lowest BCUT2D eigenvalue weighted by molar-refractivity contribution is 0.0657. The number of nitrogens with zero attached hydrogens (tertiary/aromatic N) is 1. The third kappa shape index (κ3) is 3.62. The lowest BCUT2D eigenvalue weighted by Crippen LogP contribution is -2.19. The van der Waals surface area contributed by atoms with Crippen molar-refractivity contribution in [1.82, 2.24) is 4.98 Å². The average molecular weight is 196 g/mol. The fourth-order valence-electron chi connectivity index (χ4n) is 1.05. The minimum absolute atomic E-state index is 0.0248. The van der Waals surface area contributed by atoms with Crippen molar-refractivity contribution in [3.63, 3.8) is 0 Å². The van der Waals surface area contributed by atoms with Gasteiger partial charge in [-0.3, -0.25) is 0 Å². The quantitative estimate of drug-likeness (QED) is 0.774. The van der Waals surface area contributed by atoms with Crippen LogP contribution in [0.15, 0.2) is 18.3 Å². The highest BCUT2D eigenvalue weighted by Gasteiger charge is 2.03. The Kier molecular flexibility index (Phi) is 4.19. The molecule has 0 aliphatic carbocycles. The highest BCUT2D eigenvalue weighted by Crippen LogP contribution is 2.13. The van der Waals surface area contributed by atoms with E-state index < -0.39 is 0 Å². The lowest BCUT2D eigenvalue weighted by atomic mass is 10.4. The molecular weight excluding hydrogens is 180 g/mol. The van der Waals surface area contributed by atoms with Crippen molar-refractivity contribution in [2.24, 2.45) is 0 Å². The number of hydrogen-bond acceptors (Lipinski definition) is 4. The number of rotatable bonds is 5. The van der Waals surface area contributed by atoms with Crippen molar-refractivity contribution in [3.8, 4) is 5.75 Å². The summed E-state index contributed by atoms with van der Waals surface area (Å²) in [6.45, 7) is 5.19. The van der Waals surface area contributed by atoms with Gasteiger partial charge in [0.1, 0.15) is 17.7 Å². The van der Waals surface area contributed by atoms with Gasteiger partial charge in [0.2, 0.25) is 0 Å². The van der Waals surface area contributed by atoms with Gasteiger partial charge in [0, 0.05) is 18.9 Å². The highest BCUT2D eigenvalue weighted by atomic mass is 16.5. The maximum Gasteiger partial charge on any atom is 0.126 e.